The molecular weight excluding hydrogens is 326 g/mol. The van der Waals surface area contributed by atoms with Gasteiger partial charge in [-0.15, -0.1) is 11.8 Å². The van der Waals surface area contributed by atoms with Gasteiger partial charge in [-0.05, 0) is 24.6 Å². The maximum absolute atomic E-state index is 12.4. The van der Waals surface area contributed by atoms with E-state index in [-0.39, 0.29) is 24.4 Å². The maximum atomic E-state index is 12.4. The number of hydrogen-bond donors (Lipinski definition) is 0. The summed E-state index contributed by atoms with van der Waals surface area (Å²) in [7, 11) is 1.77. The van der Waals surface area contributed by atoms with Gasteiger partial charge in [-0.2, -0.15) is 5.10 Å². The quantitative estimate of drug-likeness (QED) is 0.817. The van der Waals surface area contributed by atoms with E-state index in [0.29, 0.717) is 11.6 Å². The van der Waals surface area contributed by atoms with Crippen molar-refractivity contribution in [1.82, 2.24) is 24.6 Å². The summed E-state index contributed by atoms with van der Waals surface area (Å²) >= 11 is 1.54. The highest BCUT2D eigenvalue weighted by Gasteiger charge is 2.26. The average Bonchev–Trinajstić information content (AvgIpc) is 3.26. The molecule has 0 spiro atoms. The largest absolute Gasteiger partial charge is 0.337 e. The lowest BCUT2D eigenvalue weighted by atomic mass is 10.1. The predicted octanol–water partition coefficient (Wildman–Crippen LogP) is 1.32. The Morgan fingerprint density at radius 3 is 2.71 bits per heavy atom. The van der Waals surface area contributed by atoms with E-state index in [4.69, 9.17) is 0 Å². The molecule has 1 saturated heterocycles. The van der Waals surface area contributed by atoms with E-state index in [1.165, 1.54) is 6.33 Å². The fourth-order valence-corrected chi connectivity index (χ4v) is 3.41. The standard InChI is InChI=1S/C16H19N5O2S/c1-12(19(2)15(22)7-20-11-24-8-16(20)23)13-3-5-14(6-4-13)21-10-17-9-18-21/h3-6,9-10,12H,7-8,11H2,1-2H3/t12-/m0/s1. The van der Waals surface area contributed by atoms with Crippen LogP contribution in [0.1, 0.15) is 18.5 Å². The number of benzene rings is 1. The van der Waals surface area contributed by atoms with E-state index in [9.17, 15) is 9.59 Å². The van der Waals surface area contributed by atoms with Crippen LogP contribution in [-0.4, -0.2) is 61.6 Å². The van der Waals surface area contributed by atoms with Gasteiger partial charge in [0.25, 0.3) is 0 Å². The van der Waals surface area contributed by atoms with Crippen LogP contribution in [0, 0.1) is 0 Å². The SMILES string of the molecule is C[C@@H](c1ccc(-n2cncn2)cc1)N(C)C(=O)CN1CSCC1=O. The van der Waals surface area contributed by atoms with Crippen molar-refractivity contribution in [3.05, 3.63) is 42.5 Å². The summed E-state index contributed by atoms with van der Waals surface area (Å²) in [6, 6.07) is 7.76. The minimum Gasteiger partial charge on any atom is -0.337 e. The second-order valence-corrected chi connectivity index (χ2v) is 6.64. The Bertz CT molecular complexity index is 717. The second kappa shape index (κ2) is 7.04. The Labute approximate surface area is 144 Å². The fraction of sp³-hybridized carbons (Fsp3) is 0.375. The first-order valence-electron chi connectivity index (χ1n) is 7.62. The van der Waals surface area contributed by atoms with Gasteiger partial charge < -0.3 is 9.80 Å². The average molecular weight is 345 g/mol. The first-order chi connectivity index (χ1) is 11.6. The van der Waals surface area contributed by atoms with Crippen LogP contribution < -0.4 is 0 Å². The minimum absolute atomic E-state index is 0.0339. The second-order valence-electron chi connectivity index (χ2n) is 5.68. The number of thioether (sulfide) groups is 1. The molecule has 24 heavy (non-hydrogen) atoms. The Balaban J connectivity index is 1.65. The van der Waals surface area contributed by atoms with E-state index in [0.717, 1.165) is 11.3 Å². The number of aromatic nitrogens is 3. The van der Waals surface area contributed by atoms with Crippen LogP contribution in [0.2, 0.25) is 0 Å². The topological polar surface area (TPSA) is 71.3 Å². The minimum atomic E-state index is -0.0762. The third-order valence-corrected chi connectivity index (χ3v) is 5.13. The van der Waals surface area contributed by atoms with Gasteiger partial charge in [-0.1, -0.05) is 12.1 Å². The lowest BCUT2D eigenvalue weighted by molar-refractivity contribution is -0.138. The zero-order valence-electron chi connectivity index (χ0n) is 13.6. The van der Waals surface area contributed by atoms with Crippen molar-refractivity contribution in [2.24, 2.45) is 0 Å². The van der Waals surface area contributed by atoms with E-state index < -0.39 is 0 Å². The molecule has 0 aliphatic carbocycles. The zero-order valence-corrected chi connectivity index (χ0v) is 14.4. The molecule has 0 N–H and O–H groups in total. The molecule has 1 aromatic heterocycles. The first kappa shape index (κ1) is 16.5. The van der Waals surface area contributed by atoms with Gasteiger partial charge in [-0.25, -0.2) is 9.67 Å². The van der Waals surface area contributed by atoms with Gasteiger partial charge in [0.2, 0.25) is 11.8 Å². The van der Waals surface area contributed by atoms with Gasteiger partial charge in [0.1, 0.15) is 19.2 Å². The Kier molecular flexibility index (Phi) is 4.84. The van der Waals surface area contributed by atoms with Crippen molar-refractivity contribution in [2.45, 2.75) is 13.0 Å². The Hall–Kier alpha value is -2.35. The highest BCUT2D eigenvalue weighted by Crippen LogP contribution is 2.21. The predicted molar refractivity (Wildman–Crippen MR) is 91.6 cm³/mol. The van der Waals surface area contributed by atoms with Crippen LogP contribution in [0.5, 0.6) is 0 Å². The molecule has 1 aromatic carbocycles. The van der Waals surface area contributed by atoms with Crippen LogP contribution in [0.15, 0.2) is 36.9 Å². The lowest BCUT2D eigenvalue weighted by Crippen LogP contribution is -2.40. The van der Waals surface area contributed by atoms with Crippen molar-refractivity contribution in [3.8, 4) is 5.69 Å². The highest BCUT2D eigenvalue weighted by molar-refractivity contribution is 8.00. The van der Waals surface area contributed by atoms with E-state index in [1.54, 1.807) is 39.6 Å². The summed E-state index contributed by atoms with van der Waals surface area (Å²) in [4.78, 5) is 31.3. The first-order valence-corrected chi connectivity index (χ1v) is 8.78. The summed E-state index contributed by atoms with van der Waals surface area (Å²) in [6.07, 6.45) is 3.13. The smallest absolute Gasteiger partial charge is 0.242 e. The molecule has 0 unspecified atom stereocenters. The lowest BCUT2D eigenvalue weighted by Gasteiger charge is -2.27. The van der Waals surface area contributed by atoms with Crippen molar-refractivity contribution in [2.75, 3.05) is 25.2 Å². The van der Waals surface area contributed by atoms with Crippen molar-refractivity contribution >= 4 is 23.6 Å². The number of carbonyl (C=O) groups is 2. The van der Waals surface area contributed by atoms with Gasteiger partial charge in [0.05, 0.1) is 23.4 Å². The summed E-state index contributed by atoms with van der Waals surface area (Å²) in [5.74, 6) is 1.04. The third-order valence-electron chi connectivity index (χ3n) is 4.18. The molecule has 1 fully saturated rings. The molecular formula is C16H19N5O2S. The molecule has 7 nitrogen and oxygen atoms in total. The molecule has 0 saturated carbocycles. The monoisotopic (exact) mass is 345 g/mol. The number of nitrogens with zero attached hydrogens (tertiary/aromatic N) is 5. The number of likely N-dealkylation sites (N-methyl/N-ethyl adjacent to an activating group) is 1. The molecule has 1 aliphatic rings. The van der Waals surface area contributed by atoms with Crippen LogP contribution in [0.4, 0.5) is 0 Å². The number of hydrogen-bond acceptors (Lipinski definition) is 5. The fourth-order valence-electron chi connectivity index (χ4n) is 2.50. The van der Waals surface area contributed by atoms with Crippen molar-refractivity contribution < 1.29 is 9.59 Å². The van der Waals surface area contributed by atoms with E-state index >= 15 is 0 Å². The van der Waals surface area contributed by atoms with Gasteiger partial charge in [-0.3, -0.25) is 9.59 Å². The Morgan fingerprint density at radius 1 is 1.38 bits per heavy atom. The van der Waals surface area contributed by atoms with Crippen LogP contribution >= 0.6 is 11.8 Å². The molecule has 8 heteroatoms. The summed E-state index contributed by atoms with van der Waals surface area (Å²) in [5, 5.41) is 4.09. The third kappa shape index (κ3) is 3.43. The van der Waals surface area contributed by atoms with E-state index in [1.807, 2.05) is 31.2 Å². The van der Waals surface area contributed by atoms with Gasteiger partial charge >= 0.3 is 0 Å². The summed E-state index contributed by atoms with van der Waals surface area (Å²) in [5.41, 5.74) is 1.94. The summed E-state index contributed by atoms with van der Waals surface area (Å²) in [6.45, 7) is 2.12. The molecule has 2 amide bonds. The molecule has 1 aliphatic heterocycles. The molecule has 1 atom stereocenters. The number of amides is 2. The molecule has 0 radical (unpaired) electrons. The van der Waals surface area contributed by atoms with Crippen LogP contribution in [0.3, 0.4) is 0 Å². The summed E-state index contributed by atoms with van der Waals surface area (Å²) < 4.78 is 1.68. The van der Waals surface area contributed by atoms with E-state index in [2.05, 4.69) is 10.1 Å². The molecule has 2 aromatic rings. The molecule has 3 rings (SSSR count). The number of carbonyl (C=O) groups excluding carboxylic acids is 2. The molecule has 2 heterocycles. The molecule has 126 valence electrons. The van der Waals surface area contributed by atoms with Gasteiger partial charge in [0.15, 0.2) is 0 Å². The van der Waals surface area contributed by atoms with Crippen LogP contribution in [0.25, 0.3) is 5.69 Å². The molecule has 0 bridgehead atoms. The normalized spacial score (nSPS) is 15.6. The van der Waals surface area contributed by atoms with Crippen molar-refractivity contribution in [1.29, 1.82) is 0 Å². The number of rotatable bonds is 5. The zero-order chi connectivity index (χ0) is 17.1. The van der Waals surface area contributed by atoms with Crippen LogP contribution in [-0.2, 0) is 9.59 Å². The van der Waals surface area contributed by atoms with Crippen molar-refractivity contribution in [3.63, 3.8) is 0 Å². The highest BCUT2D eigenvalue weighted by atomic mass is 32.2. The Morgan fingerprint density at radius 2 is 2.12 bits per heavy atom. The maximum Gasteiger partial charge on any atom is 0.242 e. The van der Waals surface area contributed by atoms with Gasteiger partial charge in [0, 0.05) is 7.05 Å².